The molecule has 21 heavy (non-hydrogen) atoms. The smallest absolute Gasteiger partial charge is 0.142 e. The Morgan fingerprint density at radius 1 is 1.10 bits per heavy atom. The predicted octanol–water partition coefficient (Wildman–Crippen LogP) is 5.87. The van der Waals surface area contributed by atoms with Gasteiger partial charge in [-0.1, -0.05) is 53.9 Å². The van der Waals surface area contributed by atoms with E-state index in [2.05, 4.69) is 12.2 Å². The van der Waals surface area contributed by atoms with Gasteiger partial charge in [0.05, 0.1) is 11.1 Å². The first-order valence-corrected chi connectivity index (χ1v) is 7.80. The summed E-state index contributed by atoms with van der Waals surface area (Å²) in [6.07, 6.45) is 0.932. The van der Waals surface area contributed by atoms with Gasteiger partial charge in [0.25, 0.3) is 0 Å². The van der Waals surface area contributed by atoms with Crippen molar-refractivity contribution < 1.29 is 4.39 Å². The molecule has 1 nitrogen and oxygen atoms in total. The molecule has 0 heterocycles. The van der Waals surface area contributed by atoms with Crippen LogP contribution in [0.3, 0.4) is 0 Å². The Morgan fingerprint density at radius 2 is 1.86 bits per heavy atom. The Hall–Kier alpha value is -0.800. The van der Waals surface area contributed by atoms with E-state index in [0.717, 1.165) is 18.5 Å². The summed E-state index contributed by atoms with van der Waals surface area (Å²) in [5.74, 6) is -0.449. The molecule has 0 aliphatic rings. The van der Waals surface area contributed by atoms with Gasteiger partial charge >= 0.3 is 0 Å². The van der Waals surface area contributed by atoms with Gasteiger partial charge in [-0.15, -0.1) is 0 Å². The molecule has 0 aromatic heterocycles. The lowest BCUT2D eigenvalue weighted by molar-refractivity contribution is 0.586. The van der Waals surface area contributed by atoms with Crippen molar-refractivity contribution in [2.75, 3.05) is 6.54 Å². The highest BCUT2D eigenvalue weighted by Crippen LogP contribution is 2.34. The van der Waals surface area contributed by atoms with Crippen molar-refractivity contribution in [3.8, 4) is 0 Å². The number of hydrogen-bond acceptors (Lipinski definition) is 1. The summed E-state index contributed by atoms with van der Waals surface area (Å²) in [6, 6.07) is 9.68. The quantitative estimate of drug-likeness (QED) is 0.713. The van der Waals surface area contributed by atoms with Crippen molar-refractivity contribution >= 4 is 34.8 Å². The maximum absolute atomic E-state index is 13.7. The standard InChI is InChI=1S/C16H15Cl3FN/c1-2-8-21-16(11-4-3-5-14(20)15(11)19)12-9-10(17)6-7-13(12)18/h3-7,9,16,21H,2,8H2,1H3. The van der Waals surface area contributed by atoms with Crippen LogP contribution in [0.25, 0.3) is 0 Å². The van der Waals surface area contributed by atoms with Crippen molar-refractivity contribution in [3.63, 3.8) is 0 Å². The van der Waals surface area contributed by atoms with Crippen molar-refractivity contribution in [1.29, 1.82) is 0 Å². The molecule has 0 saturated carbocycles. The molecule has 0 amide bonds. The second-order valence-electron chi connectivity index (χ2n) is 4.70. The van der Waals surface area contributed by atoms with Crippen LogP contribution in [0.1, 0.15) is 30.5 Å². The zero-order valence-corrected chi connectivity index (χ0v) is 13.7. The molecule has 0 spiro atoms. The van der Waals surface area contributed by atoms with E-state index in [-0.39, 0.29) is 11.1 Å². The third-order valence-corrected chi connectivity index (χ3v) is 4.14. The van der Waals surface area contributed by atoms with Gasteiger partial charge in [0.15, 0.2) is 0 Å². The van der Waals surface area contributed by atoms with Crippen LogP contribution >= 0.6 is 34.8 Å². The molecule has 0 saturated heterocycles. The molecule has 0 fully saturated rings. The van der Waals surface area contributed by atoms with Gasteiger partial charge in [0.2, 0.25) is 0 Å². The van der Waals surface area contributed by atoms with Gasteiger partial charge in [0, 0.05) is 10.0 Å². The summed E-state index contributed by atoms with van der Waals surface area (Å²) >= 11 is 18.5. The Kier molecular flexibility index (Phi) is 5.88. The number of rotatable bonds is 5. The second-order valence-corrected chi connectivity index (χ2v) is 5.92. The van der Waals surface area contributed by atoms with Crippen LogP contribution in [0.5, 0.6) is 0 Å². The van der Waals surface area contributed by atoms with Crippen molar-refractivity contribution in [2.45, 2.75) is 19.4 Å². The van der Waals surface area contributed by atoms with Gasteiger partial charge < -0.3 is 5.32 Å². The topological polar surface area (TPSA) is 12.0 Å². The Labute approximate surface area is 139 Å². The van der Waals surface area contributed by atoms with E-state index >= 15 is 0 Å². The van der Waals surface area contributed by atoms with Gasteiger partial charge in [-0.2, -0.15) is 0 Å². The first kappa shape index (κ1) is 16.6. The molecular weight excluding hydrogens is 332 g/mol. The molecule has 1 atom stereocenters. The molecule has 2 aromatic carbocycles. The Bertz CT molecular complexity index is 629. The number of halogens is 4. The van der Waals surface area contributed by atoms with E-state index in [4.69, 9.17) is 34.8 Å². The number of nitrogens with one attached hydrogen (secondary N) is 1. The summed E-state index contributed by atoms with van der Waals surface area (Å²) in [5, 5.41) is 4.58. The SMILES string of the molecule is CCCNC(c1cc(Cl)ccc1Cl)c1cccc(F)c1Cl. The lowest BCUT2D eigenvalue weighted by Gasteiger charge is -2.22. The summed E-state index contributed by atoms with van der Waals surface area (Å²) in [6.45, 7) is 2.80. The molecule has 1 N–H and O–H groups in total. The van der Waals surface area contributed by atoms with Crippen LogP contribution < -0.4 is 5.32 Å². The minimum Gasteiger partial charge on any atom is -0.306 e. The predicted molar refractivity (Wildman–Crippen MR) is 88.0 cm³/mol. The van der Waals surface area contributed by atoms with Gasteiger partial charge in [0.1, 0.15) is 5.82 Å². The zero-order valence-electron chi connectivity index (χ0n) is 11.5. The monoisotopic (exact) mass is 345 g/mol. The summed E-state index contributed by atoms with van der Waals surface area (Å²) in [5.41, 5.74) is 1.43. The van der Waals surface area contributed by atoms with Gasteiger partial charge in [-0.25, -0.2) is 4.39 Å². The second kappa shape index (κ2) is 7.46. The molecule has 112 valence electrons. The average molecular weight is 347 g/mol. The average Bonchev–Trinajstić information content (AvgIpc) is 2.47. The van der Waals surface area contributed by atoms with Crippen molar-refractivity contribution in [3.05, 3.63) is 68.4 Å². The Balaban J connectivity index is 2.52. The fourth-order valence-electron chi connectivity index (χ4n) is 2.16. The number of hydrogen-bond donors (Lipinski definition) is 1. The maximum atomic E-state index is 13.7. The maximum Gasteiger partial charge on any atom is 0.142 e. The molecule has 5 heteroatoms. The fourth-order valence-corrected chi connectivity index (χ4v) is 2.80. The minimum absolute atomic E-state index is 0.0992. The van der Waals surface area contributed by atoms with Crippen LogP contribution in [-0.4, -0.2) is 6.54 Å². The van der Waals surface area contributed by atoms with E-state index in [9.17, 15) is 4.39 Å². The third kappa shape index (κ3) is 3.89. The van der Waals surface area contributed by atoms with E-state index in [1.807, 2.05) is 0 Å². The van der Waals surface area contributed by atoms with Gasteiger partial charge in [-0.05, 0) is 48.4 Å². The first-order valence-electron chi connectivity index (χ1n) is 6.66. The lowest BCUT2D eigenvalue weighted by Crippen LogP contribution is -2.24. The highest BCUT2D eigenvalue weighted by Gasteiger charge is 2.20. The van der Waals surface area contributed by atoms with E-state index in [1.54, 1.807) is 30.3 Å². The summed E-state index contributed by atoms with van der Waals surface area (Å²) < 4.78 is 13.7. The zero-order chi connectivity index (χ0) is 15.4. The van der Waals surface area contributed by atoms with Crippen LogP contribution in [0.4, 0.5) is 4.39 Å². The van der Waals surface area contributed by atoms with Crippen LogP contribution in [0.2, 0.25) is 15.1 Å². The summed E-state index contributed by atoms with van der Waals surface area (Å²) in [4.78, 5) is 0. The highest BCUT2D eigenvalue weighted by atomic mass is 35.5. The molecule has 2 aromatic rings. The van der Waals surface area contributed by atoms with Crippen molar-refractivity contribution in [1.82, 2.24) is 5.32 Å². The molecule has 2 rings (SSSR count). The number of benzene rings is 2. The molecule has 0 radical (unpaired) electrons. The van der Waals surface area contributed by atoms with Crippen LogP contribution in [-0.2, 0) is 0 Å². The highest BCUT2D eigenvalue weighted by molar-refractivity contribution is 6.34. The molecule has 0 bridgehead atoms. The molecule has 0 aliphatic heterocycles. The third-order valence-electron chi connectivity index (χ3n) is 3.16. The minimum atomic E-state index is -0.449. The first-order chi connectivity index (χ1) is 10.0. The van der Waals surface area contributed by atoms with Crippen LogP contribution in [0.15, 0.2) is 36.4 Å². The van der Waals surface area contributed by atoms with Crippen molar-refractivity contribution in [2.24, 2.45) is 0 Å². The van der Waals surface area contributed by atoms with E-state index < -0.39 is 5.82 Å². The molecule has 0 aliphatic carbocycles. The molecular formula is C16H15Cl3FN. The lowest BCUT2D eigenvalue weighted by atomic mass is 9.98. The fraction of sp³-hybridized carbons (Fsp3) is 0.250. The summed E-state index contributed by atoms with van der Waals surface area (Å²) in [7, 11) is 0. The normalized spacial score (nSPS) is 12.4. The van der Waals surface area contributed by atoms with Crippen LogP contribution in [0, 0.1) is 5.82 Å². The largest absolute Gasteiger partial charge is 0.306 e. The van der Waals surface area contributed by atoms with E-state index in [0.29, 0.717) is 15.6 Å². The molecule has 1 unspecified atom stereocenters. The Morgan fingerprint density at radius 3 is 2.57 bits per heavy atom. The van der Waals surface area contributed by atoms with E-state index in [1.165, 1.54) is 6.07 Å². The van der Waals surface area contributed by atoms with Gasteiger partial charge in [-0.3, -0.25) is 0 Å².